The molecule has 0 aliphatic carbocycles. The van der Waals surface area contributed by atoms with Crippen LogP contribution >= 0.6 is 11.6 Å². The number of nitrogens with two attached hydrogens (primary N) is 1. The molecule has 28 heavy (non-hydrogen) atoms. The van der Waals surface area contributed by atoms with E-state index < -0.39 is 23.3 Å². The first kappa shape index (κ1) is 19.7. The number of nitriles is 1. The Balaban J connectivity index is 1.93. The Morgan fingerprint density at radius 3 is 2.93 bits per heavy atom. The number of pyridine rings is 1. The number of nitrogens with zero attached hydrogens (tertiary/aromatic N) is 3. The number of ether oxygens (including phenoxy) is 1. The quantitative estimate of drug-likeness (QED) is 0.789. The number of carbonyl (C=O) groups excluding carboxylic acids is 1. The molecule has 2 heterocycles. The summed E-state index contributed by atoms with van der Waals surface area (Å²) in [6.45, 7) is 1.06. The van der Waals surface area contributed by atoms with Crippen LogP contribution in [0.4, 0.5) is 8.78 Å². The minimum atomic E-state index is -1.62. The lowest BCUT2D eigenvalue weighted by Crippen LogP contribution is -2.43. The van der Waals surface area contributed by atoms with E-state index >= 15 is 0 Å². The number of rotatable bonds is 4. The second kappa shape index (κ2) is 7.52. The van der Waals surface area contributed by atoms with Crippen LogP contribution in [0.15, 0.2) is 35.5 Å². The third-order valence-corrected chi connectivity index (χ3v) is 4.79. The lowest BCUT2D eigenvalue weighted by Gasteiger charge is -2.33. The lowest BCUT2D eigenvalue weighted by atomic mass is 9.85. The molecule has 0 amide bonds. The number of ketones is 1. The second-order valence-electron chi connectivity index (χ2n) is 6.46. The lowest BCUT2D eigenvalue weighted by molar-refractivity contribution is 0.0921. The van der Waals surface area contributed by atoms with Crippen molar-refractivity contribution in [3.8, 4) is 6.07 Å². The van der Waals surface area contributed by atoms with E-state index in [-0.39, 0.29) is 40.9 Å². The van der Waals surface area contributed by atoms with Gasteiger partial charge in [0.2, 0.25) is 0 Å². The van der Waals surface area contributed by atoms with Gasteiger partial charge in [0.1, 0.15) is 29.7 Å². The maximum Gasteiger partial charge on any atom is 0.283 e. The van der Waals surface area contributed by atoms with Gasteiger partial charge < -0.3 is 10.5 Å². The number of hydrogen-bond donors (Lipinski definition) is 1. The SMILES string of the molecule is C[C@]1(c2cc(CC(=O)c3ncc(C#N)cc3Cl)ccc2F)N=C(N)OC[C@@H]1F. The molecule has 0 saturated heterocycles. The highest BCUT2D eigenvalue weighted by Gasteiger charge is 2.42. The van der Waals surface area contributed by atoms with Crippen LogP contribution in [0.3, 0.4) is 0 Å². The molecule has 6 nitrogen and oxygen atoms in total. The van der Waals surface area contributed by atoms with Crippen LogP contribution in [-0.4, -0.2) is 29.6 Å². The Morgan fingerprint density at radius 2 is 2.25 bits per heavy atom. The molecule has 9 heteroatoms. The van der Waals surface area contributed by atoms with Crippen molar-refractivity contribution in [2.75, 3.05) is 6.61 Å². The maximum atomic E-state index is 14.5. The molecule has 0 saturated carbocycles. The highest BCUT2D eigenvalue weighted by Crippen LogP contribution is 2.36. The highest BCUT2D eigenvalue weighted by molar-refractivity contribution is 6.33. The average molecular weight is 405 g/mol. The first-order valence-corrected chi connectivity index (χ1v) is 8.62. The molecule has 1 aliphatic rings. The topological polar surface area (TPSA) is 101 Å². The van der Waals surface area contributed by atoms with Gasteiger partial charge in [-0.3, -0.25) is 9.78 Å². The van der Waals surface area contributed by atoms with Crippen molar-refractivity contribution in [3.63, 3.8) is 0 Å². The van der Waals surface area contributed by atoms with E-state index in [1.54, 1.807) is 0 Å². The summed E-state index contributed by atoms with van der Waals surface area (Å²) in [6.07, 6.45) is -0.521. The summed E-state index contributed by atoms with van der Waals surface area (Å²) in [5.74, 6) is -1.10. The molecule has 1 aromatic carbocycles. The molecule has 1 aromatic heterocycles. The van der Waals surface area contributed by atoms with Crippen LogP contribution in [0.5, 0.6) is 0 Å². The summed E-state index contributed by atoms with van der Waals surface area (Å²) in [7, 11) is 0. The van der Waals surface area contributed by atoms with Crippen molar-refractivity contribution < 1.29 is 18.3 Å². The molecule has 0 bridgehead atoms. The van der Waals surface area contributed by atoms with E-state index in [9.17, 15) is 13.6 Å². The van der Waals surface area contributed by atoms with Gasteiger partial charge in [-0.25, -0.2) is 13.8 Å². The fraction of sp³-hybridized carbons (Fsp3) is 0.263. The van der Waals surface area contributed by atoms with Crippen LogP contribution in [0, 0.1) is 17.1 Å². The van der Waals surface area contributed by atoms with Gasteiger partial charge in [0.05, 0.1) is 10.6 Å². The molecule has 0 unspecified atom stereocenters. The van der Waals surface area contributed by atoms with Gasteiger partial charge in [0, 0.05) is 18.2 Å². The van der Waals surface area contributed by atoms with Crippen LogP contribution < -0.4 is 5.73 Å². The number of benzene rings is 1. The van der Waals surface area contributed by atoms with E-state index in [1.807, 2.05) is 6.07 Å². The first-order chi connectivity index (χ1) is 13.2. The molecular formula is C19H15ClF2N4O2. The standard InChI is InChI=1S/C19H15ClF2N4O2/c1-19(16(22)9-28-18(24)26-19)12-4-10(2-3-14(12)21)6-15(27)17-13(20)5-11(7-23)8-25-17/h2-5,8,16H,6,9H2,1H3,(H2,24,26)/t16-,19+/m0/s1. The molecular weight excluding hydrogens is 390 g/mol. The number of carbonyl (C=O) groups is 1. The summed E-state index contributed by atoms with van der Waals surface area (Å²) in [5.41, 5.74) is 4.58. The fourth-order valence-electron chi connectivity index (χ4n) is 2.92. The van der Waals surface area contributed by atoms with Crippen LogP contribution in [0.1, 0.15) is 34.1 Å². The molecule has 2 atom stereocenters. The molecule has 0 fully saturated rings. The van der Waals surface area contributed by atoms with Crippen LogP contribution in [0.25, 0.3) is 0 Å². The Bertz CT molecular complexity index is 1020. The van der Waals surface area contributed by atoms with Crippen LogP contribution in [-0.2, 0) is 16.7 Å². The normalized spacial score (nSPS) is 21.4. The van der Waals surface area contributed by atoms with E-state index in [1.165, 1.54) is 31.3 Å². The second-order valence-corrected chi connectivity index (χ2v) is 6.86. The summed E-state index contributed by atoms with van der Waals surface area (Å²) in [6, 6.07) is 6.92. The van der Waals surface area contributed by atoms with E-state index in [0.717, 1.165) is 6.07 Å². The fourth-order valence-corrected chi connectivity index (χ4v) is 3.20. The van der Waals surface area contributed by atoms with Crippen LogP contribution in [0.2, 0.25) is 5.02 Å². The zero-order valence-corrected chi connectivity index (χ0v) is 15.5. The summed E-state index contributed by atoms with van der Waals surface area (Å²) in [4.78, 5) is 20.4. The molecule has 144 valence electrons. The van der Waals surface area contributed by atoms with Gasteiger partial charge in [0.15, 0.2) is 12.0 Å². The third kappa shape index (κ3) is 3.66. The van der Waals surface area contributed by atoms with E-state index in [0.29, 0.717) is 5.56 Å². The highest BCUT2D eigenvalue weighted by atomic mass is 35.5. The number of halogens is 3. The van der Waals surface area contributed by atoms with Crippen molar-refractivity contribution in [2.45, 2.75) is 25.1 Å². The third-order valence-electron chi connectivity index (χ3n) is 4.51. The largest absolute Gasteiger partial charge is 0.462 e. The van der Waals surface area contributed by atoms with Gasteiger partial charge in [0.25, 0.3) is 6.02 Å². The Morgan fingerprint density at radius 1 is 1.50 bits per heavy atom. The number of Topliss-reactive ketones (excluding diaryl/α,β-unsaturated/α-hetero) is 1. The van der Waals surface area contributed by atoms with Gasteiger partial charge in [-0.1, -0.05) is 17.7 Å². The average Bonchev–Trinajstić information content (AvgIpc) is 2.66. The van der Waals surface area contributed by atoms with E-state index in [2.05, 4.69) is 9.98 Å². The predicted octanol–water partition coefficient (Wildman–Crippen LogP) is 3.07. The van der Waals surface area contributed by atoms with Gasteiger partial charge in [-0.2, -0.15) is 5.26 Å². The summed E-state index contributed by atoms with van der Waals surface area (Å²) in [5, 5.41) is 8.89. The number of alkyl halides is 1. The molecule has 1 aliphatic heterocycles. The smallest absolute Gasteiger partial charge is 0.283 e. The zero-order valence-electron chi connectivity index (χ0n) is 14.7. The number of aliphatic imine (C=N–C) groups is 1. The molecule has 2 N–H and O–H groups in total. The minimum Gasteiger partial charge on any atom is -0.462 e. The molecule has 3 rings (SSSR count). The van der Waals surface area contributed by atoms with Gasteiger partial charge in [-0.15, -0.1) is 0 Å². The number of amidine groups is 1. The minimum absolute atomic E-state index is 0.00514. The maximum absolute atomic E-state index is 14.5. The first-order valence-electron chi connectivity index (χ1n) is 8.24. The van der Waals surface area contributed by atoms with Gasteiger partial charge in [-0.05, 0) is 30.7 Å². The monoisotopic (exact) mass is 404 g/mol. The number of aromatic nitrogens is 1. The number of hydrogen-bond acceptors (Lipinski definition) is 6. The van der Waals surface area contributed by atoms with Crippen molar-refractivity contribution in [1.82, 2.24) is 4.98 Å². The van der Waals surface area contributed by atoms with Gasteiger partial charge >= 0.3 is 0 Å². The van der Waals surface area contributed by atoms with Crippen molar-refractivity contribution in [2.24, 2.45) is 10.7 Å². The van der Waals surface area contributed by atoms with Crippen molar-refractivity contribution in [3.05, 3.63) is 63.7 Å². The van der Waals surface area contributed by atoms with Crippen molar-refractivity contribution >= 4 is 23.4 Å². The Labute approximate surface area is 164 Å². The molecule has 2 aromatic rings. The van der Waals surface area contributed by atoms with E-state index in [4.69, 9.17) is 27.3 Å². The Kier molecular flexibility index (Phi) is 5.29. The molecule has 0 spiro atoms. The summed E-state index contributed by atoms with van der Waals surface area (Å²) < 4.78 is 33.8. The molecule has 0 radical (unpaired) electrons. The van der Waals surface area contributed by atoms with Crippen molar-refractivity contribution in [1.29, 1.82) is 5.26 Å². The zero-order chi connectivity index (χ0) is 20.5. The predicted molar refractivity (Wildman–Crippen MR) is 98.2 cm³/mol. The Hall–Kier alpha value is -3.05. The summed E-state index contributed by atoms with van der Waals surface area (Å²) >= 11 is 6.02.